The van der Waals surface area contributed by atoms with Crippen LogP contribution in [0.3, 0.4) is 0 Å². The molecule has 2 aromatic rings. The van der Waals surface area contributed by atoms with Crippen LogP contribution in [0.2, 0.25) is 0 Å². The van der Waals surface area contributed by atoms with Gasteiger partial charge in [-0.3, -0.25) is 0 Å². The fourth-order valence-corrected chi connectivity index (χ4v) is 3.33. The number of benzene rings is 1. The summed E-state index contributed by atoms with van der Waals surface area (Å²) in [6, 6.07) is 5.44. The van der Waals surface area contributed by atoms with Gasteiger partial charge in [-0.25, -0.2) is 17.8 Å². The van der Waals surface area contributed by atoms with Crippen molar-refractivity contribution in [1.29, 1.82) is 0 Å². The summed E-state index contributed by atoms with van der Waals surface area (Å²) < 4.78 is 36.0. The maximum Gasteiger partial charge on any atom is 0.187 e. The molecule has 17 heavy (non-hydrogen) atoms. The van der Waals surface area contributed by atoms with Crippen molar-refractivity contribution in [2.75, 3.05) is 12.0 Å². The van der Waals surface area contributed by atoms with Gasteiger partial charge in [0.15, 0.2) is 15.0 Å². The zero-order valence-electron chi connectivity index (χ0n) is 8.84. The molecule has 0 aliphatic rings. The van der Waals surface area contributed by atoms with Crippen molar-refractivity contribution in [3.63, 3.8) is 0 Å². The fourth-order valence-electron chi connectivity index (χ4n) is 1.36. The first-order chi connectivity index (χ1) is 7.88. The molecule has 1 heterocycles. The Bertz CT molecular complexity index is 647. The SMILES string of the molecule is CS(=O)(=O)c1sc(N)nc1-c1ccc(F)cc1. The van der Waals surface area contributed by atoms with Crippen molar-refractivity contribution in [3.8, 4) is 11.3 Å². The molecule has 0 saturated heterocycles. The lowest BCUT2D eigenvalue weighted by Gasteiger charge is -2.00. The van der Waals surface area contributed by atoms with E-state index >= 15 is 0 Å². The van der Waals surface area contributed by atoms with Gasteiger partial charge in [-0.15, -0.1) is 0 Å². The monoisotopic (exact) mass is 272 g/mol. The molecule has 2 N–H and O–H groups in total. The first kappa shape index (κ1) is 12.0. The lowest BCUT2D eigenvalue weighted by atomic mass is 10.2. The van der Waals surface area contributed by atoms with E-state index in [1.807, 2.05) is 0 Å². The number of hydrogen-bond donors (Lipinski definition) is 1. The number of halogens is 1. The standard InChI is InChI=1S/C10H9FN2O2S2/c1-17(14,15)9-8(13-10(12)16-9)6-2-4-7(11)5-3-6/h2-5H,1H3,(H2,12,13). The number of rotatable bonds is 2. The molecule has 1 aromatic carbocycles. The van der Waals surface area contributed by atoms with E-state index in [-0.39, 0.29) is 15.0 Å². The second-order valence-corrected chi connectivity index (χ2v) is 6.71. The minimum Gasteiger partial charge on any atom is -0.375 e. The molecule has 4 nitrogen and oxygen atoms in total. The summed E-state index contributed by atoms with van der Waals surface area (Å²) in [6.45, 7) is 0. The van der Waals surface area contributed by atoms with E-state index in [1.54, 1.807) is 0 Å². The van der Waals surface area contributed by atoms with E-state index in [9.17, 15) is 12.8 Å². The van der Waals surface area contributed by atoms with Crippen molar-refractivity contribution in [2.24, 2.45) is 0 Å². The molecule has 0 bridgehead atoms. The van der Waals surface area contributed by atoms with E-state index in [4.69, 9.17) is 5.73 Å². The second-order valence-electron chi connectivity index (χ2n) is 3.47. The van der Waals surface area contributed by atoms with Gasteiger partial charge in [0.05, 0.1) is 0 Å². The lowest BCUT2D eigenvalue weighted by Crippen LogP contribution is -1.96. The number of anilines is 1. The van der Waals surface area contributed by atoms with Gasteiger partial charge in [-0.05, 0) is 24.3 Å². The average molecular weight is 272 g/mol. The van der Waals surface area contributed by atoms with Crippen LogP contribution in [-0.4, -0.2) is 19.7 Å². The molecule has 0 radical (unpaired) electrons. The summed E-state index contributed by atoms with van der Waals surface area (Å²) in [5.74, 6) is -0.391. The number of thiazole rings is 1. The van der Waals surface area contributed by atoms with Crippen LogP contribution in [0.25, 0.3) is 11.3 Å². The minimum atomic E-state index is -3.39. The number of nitrogens with two attached hydrogens (primary N) is 1. The molecule has 0 saturated carbocycles. The highest BCUT2D eigenvalue weighted by Crippen LogP contribution is 2.33. The second kappa shape index (κ2) is 4.08. The van der Waals surface area contributed by atoms with Gasteiger partial charge in [0, 0.05) is 11.8 Å². The third-order valence-electron chi connectivity index (χ3n) is 2.07. The maximum atomic E-state index is 12.8. The summed E-state index contributed by atoms with van der Waals surface area (Å²) >= 11 is 0.905. The normalized spacial score (nSPS) is 11.6. The highest BCUT2D eigenvalue weighted by molar-refractivity contribution is 7.93. The molecule has 0 aliphatic heterocycles. The highest BCUT2D eigenvalue weighted by Gasteiger charge is 2.20. The van der Waals surface area contributed by atoms with Gasteiger partial charge < -0.3 is 5.73 Å². The predicted molar refractivity (Wildman–Crippen MR) is 65.0 cm³/mol. The zero-order valence-corrected chi connectivity index (χ0v) is 10.5. The molecule has 1 aromatic heterocycles. The molecule has 0 amide bonds. The van der Waals surface area contributed by atoms with Crippen molar-refractivity contribution < 1.29 is 12.8 Å². The van der Waals surface area contributed by atoms with Crippen molar-refractivity contribution in [3.05, 3.63) is 30.1 Å². The summed E-state index contributed by atoms with van der Waals surface area (Å²) in [4.78, 5) is 3.97. The molecule has 0 unspecified atom stereocenters. The van der Waals surface area contributed by atoms with Crippen LogP contribution in [0, 0.1) is 5.82 Å². The van der Waals surface area contributed by atoms with Gasteiger partial charge >= 0.3 is 0 Å². The largest absolute Gasteiger partial charge is 0.375 e. The lowest BCUT2D eigenvalue weighted by molar-refractivity contribution is 0.604. The summed E-state index contributed by atoms with van der Waals surface area (Å²) in [5, 5.41) is 0.171. The van der Waals surface area contributed by atoms with Gasteiger partial charge in [-0.2, -0.15) is 0 Å². The molecule has 0 atom stereocenters. The Kier molecular flexibility index (Phi) is 2.88. The molecule has 0 spiro atoms. The van der Waals surface area contributed by atoms with E-state index in [0.29, 0.717) is 5.56 Å². The number of nitrogen functional groups attached to an aromatic ring is 1. The summed E-state index contributed by atoms with van der Waals surface area (Å²) in [6.07, 6.45) is 1.09. The zero-order chi connectivity index (χ0) is 12.6. The van der Waals surface area contributed by atoms with Crippen LogP contribution in [-0.2, 0) is 9.84 Å². The molecule has 0 fully saturated rings. The Hall–Kier alpha value is -1.47. The number of nitrogens with zero attached hydrogens (tertiary/aromatic N) is 1. The van der Waals surface area contributed by atoms with Crippen LogP contribution in [0.5, 0.6) is 0 Å². The topological polar surface area (TPSA) is 73.0 Å². The Morgan fingerprint density at radius 2 is 1.88 bits per heavy atom. The van der Waals surface area contributed by atoms with Crippen molar-refractivity contribution in [1.82, 2.24) is 4.98 Å². The fraction of sp³-hybridized carbons (Fsp3) is 0.100. The Labute approximate surface area is 102 Å². The van der Waals surface area contributed by atoms with Crippen LogP contribution in [0.4, 0.5) is 9.52 Å². The quantitative estimate of drug-likeness (QED) is 0.906. The predicted octanol–water partition coefficient (Wildman–Crippen LogP) is 1.93. The van der Waals surface area contributed by atoms with Crippen LogP contribution in [0.1, 0.15) is 0 Å². The molecular weight excluding hydrogens is 263 g/mol. The number of aromatic nitrogens is 1. The Morgan fingerprint density at radius 1 is 1.29 bits per heavy atom. The average Bonchev–Trinajstić information content (AvgIpc) is 2.61. The van der Waals surface area contributed by atoms with Crippen molar-refractivity contribution >= 4 is 26.3 Å². The van der Waals surface area contributed by atoms with Gasteiger partial charge in [0.1, 0.15) is 15.7 Å². The third kappa shape index (κ3) is 2.45. The van der Waals surface area contributed by atoms with Crippen LogP contribution < -0.4 is 5.73 Å². The molecule has 2 rings (SSSR count). The molecular formula is C10H9FN2O2S2. The van der Waals surface area contributed by atoms with Crippen LogP contribution in [0.15, 0.2) is 28.5 Å². The molecule has 90 valence electrons. The van der Waals surface area contributed by atoms with Gasteiger partial charge in [0.25, 0.3) is 0 Å². The Balaban J connectivity index is 2.64. The van der Waals surface area contributed by atoms with Gasteiger partial charge in [0.2, 0.25) is 0 Å². The van der Waals surface area contributed by atoms with Crippen LogP contribution >= 0.6 is 11.3 Å². The first-order valence-electron chi connectivity index (χ1n) is 4.60. The van der Waals surface area contributed by atoms with Crippen molar-refractivity contribution in [2.45, 2.75) is 4.21 Å². The number of hydrogen-bond acceptors (Lipinski definition) is 5. The third-order valence-corrected chi connectivity index (χ3v) is 4.77. The summed E-state index contributed by atoms with van der Waals surface area (Å²) in [7, 11) is -3.39. The van der Waals surface area contributed by atoms with E-state index < -0.39 is 15.7 Å². The summed E-state index contributed by atoms with van der Waals surface area (Å²) in [5.41, 5.74) is 6.31. The molecule has 7 heteroatoms. The number of sulfone groups is 1. The van der Waals surface area contributed by atoms with Gasteiger partial charge in [-0.1, -0.05) is 11.3 Å². The first-order valence-corrected chi connectivity index (χ1v) is 7.31. The highest BCUT2D eigenvalue weighted by atomic mass is 32.2. The minimum absolute atomic E-state index is 0.0987. The smallest absolute Gasteiger partial charge is 0.187 e. The van der Waals surface area contributed by atoms with E-state index in [1.165, 1.54) is 24.3 Å². The maximum absolute atomic E-state index is 12.8. The Morgan fingerprint density at radius 3 is 2.41 bits per heavy atom. The molecule has 0 aliphatic carbocycles. The van der Waals surface area contributed by atoms with E-state index in [2.05, 4.69) is 4.98 Å². The van der Waals surface area contributed by atoms with E-state index in [0.717, 1.165) is 17.6 Å².